The van der Waals surface area contributed by atoms with Crippen LogP contribution in [0.25, 0.3) is 0 Å². The number of hydrogen-bond donors (Lipinski definition) is 2. The van der Waals surface area contributed by atoms with Gasteiger partial charge in [-0.2, -0.15) is 0 Å². The Labute approximate surface area is 171 Å². The summed E-state index contributed by atoms with van der Waals surface area (Å²) >= 11 is 1.37. The standard InChI is InChI=1S/C19H33N5O3S/c1-6-27-18(25)16-13(2)22-17(28-16)14(3)23-19(20-4)21-12-15-8-7-9-24(15)10-11-26-5/h14-15H,6-12H2,1-5H3,(H2,20,21,23). The van der Waals surface area contributed by atoms with E-state index in [9.17, 15) is 4.79 Å². The maximum atomic E-state index is 12.0. The Kier molecular flexibility index (Phi) is 9.14. The summed E-state index contributed by atoms with van der Waals surface area (Å²) in [4.78, 5) is 23.9. The molecule has 0 spiro atoms. The van der Waals surface area contributed by atoms with Crippen LogP contribution in [0.5, 0.6) is 0 Å². The van der Waals surface area contributed by atoms with E-state index in [-0.39, 0.29) is 12.0 Å². The molecule has 0 saturated carbocycles. The average Bonchev–Trinajstić information content (AvgIpc) is 3.29. The number of aliphatic imine (C=N–C) groups is 1. The molecule has 8 nitrogen and oxygen atoms in total. The number of methoxy groups -OCH3 is 1. The molecule has 1 saturated heterocycles. The molecular weight excluding hydrogens is 378 g/mol. The number of rotatable bonds is 9. The van der Waals surface area contributed by atoms with Crippen molar-refractivity contribution in [3.8, 4) is 0 Å². The fraction of sp³-hybridized carbons (Fsp3) is 0.737. The highest BCUT2D eigenvalue weighted by atomic mass is 32.1. The van der Waals surface area contributed by atoms with Gasteiger partial charge in [-0.3, -0.25) is 9.89 Å². The summed E-state index contributed by atoms with van der Waals surface area (Å²) in [5, 5.41) is 7.63. The number of guanidine groups is 1. The van der Waals surface area contributed by atoms with E-state index in [1.165, 1.54) is 24.2 Å². The lowest BCUT2D eigenvalue weighted by atomic mass is 10.2. The van der Waals surface area contributed by atoms with Crippen LogP contribution in [0.2, 0.25) is 0 Å². The third kappa shape index (κ3) is 6.15. The molecule has 1 aromatic heterocycles. The monoisotopic (exact) mass is 411 g/mol. The second-order valence-corrected chi connectivity index (χ2v) is 7.86. The second-order valence-electron chi connectivity index (χ2n) is 6.83. The molecule has 28 heavy (non-hydrogen) atoms. The van der Waals surface area contributed by atoms with E-state index in [4.69, 9.17) is 9.47 Å². The second kappa shape index (κ2) is 11.3. The SMILES string of the molecule is CCOC(=O)c1sc(C(C)NC(=NC)NCC2CCCN2CCOC)nc1C. The van der Waals surface area contributed by atoms with Crippen LogP contribution in [0.4, 0.5) is 0 Å². The first kappa shape index (κ1) is 22.6. The van der Waals surface area contributed by atoms with Gasteiger partial charge in [-0.05, 0) is 40.2 Å². The van der Waals surface area contributed by atoms with Crippen LogP contribution in [0, 0.1) is 6.92 Å². The van der Waals surface area contributed by atoms with Crippen LogP contribution in [0.3, 0.4) is 0 Å². The third-order valence-corrected chi connectivity index (χ3v) is 6.13. The number of aryl methyl sites for hydroxylation is 1. The predicted octanol–water partition coefficient (Wildman–Crippen LogP) is 1.97. The Bertz CT molecular complexity index is 664. The van der Waals surface area contributed by atoms with Crippen LogP contribution in [0.15, 0.2) is 4.99 Å². The minimum absolute atomic E-state index is 0.0637. The minimum Gasteiger partial charge on any atom is -0.462 e. The van der Waals surface area contributed by atoms with E-state index >= 15 is 0 Å². The summed E-state index contributed by atoms with van der Waals surface area (Å²) < 4.78 is 10.3. The molecule has 2 atom stereocenters. The van der Waals surface area contributed by atoms with Gasteiger partial charge in [0.05, 0.1) is 24.9 Å². The zero-order valence-corrected chi connectivity index (χ0v) is 18.4. The van der Waals surface area contributed by atoms with Crippen molar-refractivity contribution in [3.05, 3.63) is 15.6 Å². The maximum absolute atomic E-state index is 12.0. The molecule has 2 rings (SSSR count). The van der Waals surface area contributed by atoms with Crippen molar-refractivity contribution in [1.82, 2.24) is 20.5 Å². The molecular formula is C19H33N5O3S. The van der Waals surface area contributed by atoms with Crippen molar-refractivity contribution < 1.29 is 14.3 Å². The predicted molar refractivity (Wildman–Crippen MR) is 112 cm³/mol. The van der Waals surface area contributed by atoms with Gasteiger partial charge in [-0.15, -0.1) is 11.3 Å². The highest BCUT2D eigenvalue weighted by Crippen LogP contribution is 2.24. The lowest BCUT2D eigenvalue weighted by Gasteiger charge is -2.25. The van der Waals surface area contributed by atoms with Gasteiger partial charge in [0.2, 0.25) is 0 Å². The summed E-state index contributed by atoms with van der Waals surface area (Å²) in [5.74, 6) is 0.424. The molecule has 158 valence electrons. The highest BCUT2D eigenvalue weighted by Gasteiger charge is 2.24. The fourth-order valence-corrected chi connectivity index (χ4v) is 4.26. The average molecular weight is 412 g/mol. The Balaban J connectivity index is 1.90. The molecule has 1 fully saturated rings. The van der Waals surface area contributed by atoms with Gasteiger partial charge < -0.3 is 20.1 Å². The summed E-state index contributed by atoms with van der Waals surface area (Å²) in [7, 11) is 3.50. The van der Waals surface area contributed by atoms with Crippen LogP contribution < -0.4 is 10.6 Å². The number of hydrogen-bond acceptors (Lipinski definition) is 7. The maximum Gasteiger partial charge on any atom is 0.350 e. The molecule has 0 bridgehead atoms. The van der Waals surface area contributed by atoms with Gasteiger partial charge in [0.25, 0.3) is 0 Å². The molecule has 9 heteroatoms. The molecule has 2 heterocycles. The van der Waals surface area contributed by atoms with E-state index in [1.54, 1.807) is 21.1 Å². The largest absolute Gasteiger partial charge is 0.462 e. The Morgan fingerprint density at radius 1 is 1.50 bits per heavy atom. The van der Waals surface area contributed by atoms with Gasteiger partial charge in [0.15, 0.2) is 5.96 Å². The van der Waals surface area contributed by atoms with Gasteiger partial charge in [0, 0.05) is 33.3 Å². The number of ether oxygens (including phenoxy) is 2. The quantitative estimate of drug-likeness (QED) is 0.365. The van der Waals surface area contributed by atoms with Crippen molar-refractivity contribution >= 4 is 23.3 Å². The molecule has 1 aliphatic rings. The first-order valence-corrected chi connectivity index (χ1v) is 10.7. The van der Waals surface area contributed by atoms with Gasteiger partial charge in [0.1, 0.15) is 9.88 Å². The number of aromatic nitrogens is 1. The molecule has 2 N–H and O–H groups in total. The number of esters is 1. The van der Waals surface area contributed by atoms with Crippen LogP contribution in [-0.2, 0) is 9.47 Å². The molecule has 0 radical (unpaired) electrons. The van der Waals surface area contributed by atoms with Crippen molar-refractivity contribution in [2.45, 2.75) is 45.7 Å². The van der Waals surface area contributed by atoms with Crippen molar-refractivity contribution in [2.75, 3.05) is 47.0 Å². The zero-order valence-electron chi connectivity index (χ0n) is 17.6. The Hall–Kier alpha value is -1.71. The number of carbonyl (C=O) groups is 1. The lowest BCUT2D eigenvalue weighted by Crippen LogP contribution is -2.46. The number of nitrogens with one attached hydrogen (secondary N) is 2. The number of thiazole rings is 1. The van der Waals surface area contributed by atoms with E-state index in [2.05, 4.69) is 25.5 Å². The molecule has 2 unspecified atom stereocenters. The summed E-state index contributed by atoms with van der Waals surface area (Å²) in [6.45, 7) is 9.68. The number of nitrogens with zero attached hydrogens (tertiary/aromatic N) is 3. The Morgan fingerprint density at radius 3 is 2.96 bits per heavy atom. The Morgan fingerprint density at radius 2 is 2.29 bits per heavy atom. The molecule has 0 amide bonds. The van der Waals surface area contributed by atoms with Gasteiger partial charge >= 0.3 is 5.97 Å². The summed E-state index contributed by atoms with van der Waals surface area (Å²) in [6, 6.07) is 0.424. The smallest absolute Gasteiger partial charge is 0.350 e. The van der Waals surface area contributed by atoms with E-state index in [0.29, 0.717) is 23.2 Å². The van der Waals surface area contributed by atoms with E-state index in [0.717, 1.165) is 37.2 Å². The third-order valence-electron chi connectivity index (χ3n) is 4.81. The van der Waals surface area contributed by atoms with Crippen molar-refractivity contribution in [3.63, 3.8) is 0 Å². The minimum atomic E-state index is -0.309. The van der Waals surface area contributed by atoms with Crippen LogP contribution in [0.1, 0.15) is 53.1 Å². The lowest BCUT2D eigenvalue weighted by molar-refractivity contribution is 0.0531. The molecule has 1 aliphatic heterocycles. The van der Waals surface area contributed by atoms with E-state index < -0.39 is 0 Å². The first-order chi connectivity index (χ1) is 13.5. The topological polar surface area (TPSA) is 88.1 Å². The van der Waals surface area contributed by atoms with Gasteiger partial charge in [-0.25, -0.2) is 9.78 Å². The number of carbonyl (C=O) groups excluding carboxylic acids is 1. The van der Waals surface area contributed by atoms with Crippen molar-refractivity contribution in [2.24, 2.45) is 4.99 Å². The molecule has 0 aliphatic carbocycles. The first-order valence-electron chi connectivity index (χ1n) is 9.84. The fourth-order valence-electron chi connectivity index (χ4n) is 3.29. The van der Waals surface area contributed by atoms with Gasteiger partial charge in [-0.1, -0.05) is 0 Å². The van der Waals surface area contributed by atoms with E-state index in [1.807, 2.05) is 13.8 Å². The normalized spacial score (nSPS) is 18.9. The zero-order chi connectivity index (χ0) is 20.5. The highest BCUT2D eigenvalue weighted by molar-refractivity contribution is 7.13. The molecule has 0 aromatic carbocycles. The van der Waals surface area contributed by atoms with Crippen molar-refractivity contribution in [1.29, 1.82) is 0 Å². The molecule has 1 aromatic rings. The van der Waals surface area contributed by atoms with Crippen LogP contribution in [-0.4, -0.2) is 74.9 Å². The summed E-state index contributed by atoms with van der Waals surface area (Å²) in [5.41, 5.74) is 0.704. The van der Waals surface area contributed by atoms with Crippen LogP contribution >= 0.6 is 11.3 Å². The summed E-state index contributed by atoms with van der Waals surface area (Å²) in [6.07, 6.45) is 2.39. The number of likely N-dealkylation sites (tertiary alicyclic amines) is 1.